The molecule has 3 aliphatic rings. The Balaban J connectivity index is 1.57. The lowest BCUT2D eigenvalue weighted by molar-refractivity contribution is -0.143. The molecule has 0 amide bonds. The Hall–Kier alpha value is -2.51. The Bertz CT molecular complexity index is 2000. The van der Waals surface area contributed by atoms with Crippen LogP contribution in [0.4, 0.5) is 0 Å². The third-order valence-electron chi connectivity index (χ3n) is 17.0. The molecule has 1 N–H and O–H groups in total. The van der Waals surface area contributed by atoms with Gasteiger partial charge in [-0.05, 0) is 94.1 Å². The van der Waals surface area contributed by atoms with E-state index in [-0.39, 0.29) is 93.9 Å². The molecule has 0 bridgehead atoms. The summed E-state index contributed by atoms with van der Waals surface area (Å²) < 4.78 is 58.4. The second-order valence-electron chi connectivity index (χ2n) is 26.1. The number of carbonyl (C=O) groups is 2. The average Bonchev–Trinajstić information content (AvgIpc) is 3.33. The number of esters is 1. The van der Waals surface area contributed by atoms with Crippen LogP contribution in [0.1, 0.15) is 167 Å². The van der Waals surface area contributed by atoms with Gasteiger partial charge in [0.15, 0.2) is 8.32 Å². The molecule has 4 rings (SSSR count). The van der Waals surface area contributed by atoms with Gasteiger partial charge >= 0.3 is 14.5 Å². The van der Waals surface area contributed by atoms with Gasteiger partial charge in [0.25, 0.3) is 0 Å². The second-order valence-corrected chi connectivity index (χ2v) is 35.6. The first-order valence-electron chi connectivity index (χ1n) is 28.3. The van der Waals surface area contributed by atoms with Gasteiger partial charge in [-0.2, -0.15) is 0 Å². The number of Topliss-reactive ketones (excluding diaryl/α,β-unsaturated/α-hetero) is 1. The minimum atomic E-state index is -3.07. The fourth-order valence-corrected chi connectivity index (χ4v) is 18.1. The van der Waals surface area contributed by atoms with Crippen molar-refractivity contribution in [2.75, 3.05) is 21.3 Å². The van der Waals surface area contributed by atoms with Gasteiger partial charge in [0, 0.05) is 60.3 Å². The number of ketones is 1. The summed E-state index contributed by atoms with van der Waals surface area (Å²) in [7, 11) is -0.411. The summed E-state index contributed by atoms with van der Waals surface area (Å²) in [4.78, 5) is 26.5. The average molecular weight is 1090 g/mol. The van der Waals surface area contributed by atoms with E-state index in [2.05, 4.69) is 121 Å². The van der Waals surface area contributed by atoms with Crippen LogP contribution in [-0.2, 0) is 53.2 Å². The van der Waals surface area contributed by atoms with Crippen LogP contribution in [0.15, 0.2) is 60.2 Å². The summed E-state index contributed by atoms with van der Waals surface area (Å²) in [5, 5.41) is 11.4. The van der Waals surface area contributed by atoms with Gasteiger partial charge < -0.3 is 46.8 Å². The second kappa shape index (κ2) is 28.1. The number of hydrogen-bond donors (Lipinski definition) is 1. The molecule has 1 aromatic carbocycles. The zero-order valence-corrected chi connectivity index (χ0v) is 52.3. The molecule has 3 heterocycles. The van der Waals surface area contributed by atoms with E-state index in [9.17, 15) is 14.7 Å². The molecule has 75 heavy (non-hydrogen) atoms. The lowest BCUT2D eigenvalue weighted by Gasteiger charge is -2.59. The highest BCUT2D eigenvalue weighted by molar-refractivity contribution is 6.74. The molecule has 2 fully saturated rings. The summed E-state index contributed by atoms with van der Waals surface area (Å²) in [5.41, 5.74) is 1.91. The number of allylic oxidation sites excluding steroid dienone is 2. The number of benzene rings is 1. The molecule has 428 valence electrons. The van der Waals surface area contributed by atoms with Crippen molar-refractivity contribution in [1.29, 1.82) is 0 Å². The van der Waals surface area contributed by atoms with Gasteiger partial charge in [-0.1, -0.05) is 132 Å². The number of hydrogen-bond acceptors (Lipinski definition) is 12. The first-order chi connectivity index (χ1) is 34.8. The Morgan fingerprint density at radius 2 is 1.51 bits per heavy atom. The normalized spacial score (nSPS) is 27.6. The highest BCUT2D eigenvalue weighted by atomic mass is 28.4. The lowest BCUT2D eigenvalue weighted by Crippen LogP contribution is -2.68. The van der Waals surface area contributed by atoms with Crippen LogP contribution in [0.25, 0.3) is 0 Å². The van der Waals surface area contributed by atoms with E-state index in [0.717, 1.165) is 42.6 Å². The van der Waals surface area contributed by atoms with Crippen molar-refractivity contribution < 1.29 is 56.4 Å². The zero-order valence-electron chi connectivity index (χ0n) is 50.3. The van der Waals surface area contributed by atoms with Crippen molar-refractivity contribution in [3.63, 3.8) is 0 Å². The summed E-state index contributed by atoms with van der Waals surface area (Å²) in [6.45, 7) is 37.8. The number of rotatable bonds is 25. The third-order valence-corrected chi connectivity index (χ3v) is 26.7. The molecule has 0 aliphatic carbocycles. The van der Waals surface area contributed by atoms with Gasteiger partial charge in [0.2, 0.25) is 0 Å². The van der Waals surface area contributed by atoms with E-state index in [1.54, 1.807) is 20.3 Å². The molecule has 0 unspecified atom stereocenters. The number of carbonyl (C=O) groups excluding carboxylic acids is 2. The minimum Gasteiger partial charge on any atom is -0.497 e. The van der Waals surface area contributed by atoms with Crippen LogP contribution in [0.2, 0.25) is 28.2 Å². The monoisotopic (exact) mass is 1080 g/mol. The Morgan fingerprint density at radius 3 is 2.09 bits per heavy atom. The standard InChI is InChI=1S/C61H104O12Si2/c1-40(25-33-56(64)67-18)24-29-51(71-74(19,20)59(7,8)9)35-48-22-21-23-49(70-48)37-53(62)43(4)54(63)38-55(68-39-46-27-31-47(65-16)32-28-46)44(5)58-45(6)57(72-75(73-58,60(10,11)12)61(13,14)15)41(2)26-30-50-36-52(66-17)34-42(3)69-50/h21-22,24-25,27-28,31-33,41-45,48-53,55,57-58,62H,23,26,29-30,34-39H2,1-20H3/b33-25+,40-24+/t41-,42-,43-,44-,45-,48-,49-,50-,51-,52+,53-,55+,57-,58-/m0/s1. The van der Waals surface area contributed by atoms with Gasteiger partial charge in [-0.25, -0.2) is 4.79 Å². The van der Waals surface area contributed by atoms with E-state index in [1.165, 1.54) is 13.2 Å². The van der Waals surface area contributed by atoms with Crippen molar-refractivity contribution in [3.8, 4) is 5.75 Å². The number of aliphatic hydroxyl groups excluding tert-OH is 1. The molecule has 1 aromatic rings. The van der Waals surface area contributed by atoms with Crippen LogP contribution >= 0.6 is 0 Å². The van der Waals surface area contributed by atoms with E-state index in [4.69, 9.17) is 41.7 Å². The molecule has 12 nitrogen and oxygen atoms in total. The molecular formula is C61H104O12Si2. The zero-order chi connectivity index (χ0) is 56.3. The van der Waals surface area contributed by atoms with E-state index < -0.39 is 41.0 Å². The summed E-state index contributed by atoms with van der Waals surface area (Å²) >= 11 is 0. The predicted molar refractivity (Wildman–Crippen MR) is 306 cm³/mol. The highest BCUT2D eigenvalue weighted by Gasteiger charge is 2.64. The van der Waals surface area contributed by atoms with Gasteiger partial charge in [-0.3, -0.25) is 4.79 Å². The molecule has 0 spiro atoms. The molecule has 14 atom stereocenters. The third kappa shape index (κ3) is 18.3. The number of methoxy groups -OCH3 is 3. The van der Waals surface area contributed by atoms with E-state index in [0.29, 0.717) is 32.3 Å². The maximum Gasteiger partial charge on any atom is 0.349 e. The van der Waals surface area contributed by atoms with Gasteiger partial charge in [0.1, 0.15) is 11.5 Å². The van der Waals surface area contributed by atoms with E-state index >= 15 is 0 Å². The van der Waals surface area contributed by atoms with Crippen molar-refractivity contribution >= 4 is 28.6 Å². The van der Waals surface area contributed by atoms with Crippen LogP contribution in [0.5, 0.6) is 5.75 Å². The fraction of sp³-hybridized carbons (Fsp3) is 0.770. The Morgan fingerprint density at radius 1 is 0.867 bits per heavy atom. The molecule has 2 saturated heterocycles. The smallest absolute Gasteiger partial charge is 0.349 e. The summed E-state index contributed by atoms with van der Waals surface area (Å²) in [6, 6.07) is 7.85. The van der Waals surface area contributed by atoms with Crippen molar-refractivity contribution in [2.24, 2.45) is 23.7 Å². The minimum absolute atomic E-state index is 0.00572. The molecule has 0 saturated carbocycles. The quantitative estimate of drug-likeness (QED) is 0.0328. The van der Waals surface area contributed by atoms with Crippen LogP contribution in [-0.4, -0.2) is 116 Å². The first-order valence-corrected chi connectivity index (χ1v) is 33.0. The summed E-state index contributed by atoms with van der Waals surface area (Å²) in [5.74, 6) is -0.367. The lowest BCUT2D eigenvalue weighted by atomic mass is 9.79. The Kier molecular flexibility index (Phi) is 24.3. The fourth-order valence-electron chi connectivity index (χ4n) is 11.4. The maximum absolute atomic E-state index is 14.7. The molecule has 14 heteroatoms. The highest BCUT2D eigenvalue weighted by Crippen LogP contribution is 2.57. The molecule has 3 aliphatic heterocycles. The Labute approximate surface area is 457 Å². The predicted octanol–water partition coefficient (Wildman–Crippen LogP) is 13.6. The van der Waals surface area contributed by atoms with Crippen LogP contribution < -0.4 is 4.74 Å². The number of aliphatic hydroxyl groups is 1. The maximum atomic E-state index is 14.7. The summed E-state index contributed by atoms with van der Waals surface area (Å²) in [6.07, 6.45) is 13.6. The largest absolute Gasteiger partial charge is 0.497 e. The number of ether oxygens (including phenoxy) is 6. The molecular weight excluding hydrogens is 981 g/mol. The van der Waals surface area contributed by atoms with E-state index in [1.807, 2.05) is 38.1 Å². The van der Waals surface area contributed by atoms with Crippen molar-refractivity contribution in [1.82, 2.24) is 0 Å². The topological polar surface area (TPSA) is 137 Å². The first kappa shape index (κ1) is 65.0. The van der Waals surface area contributed by atoms with Crippen LogP contribution in [0.3, 0.4) is 0 Å². The van der Waals surface area contributed by atoms with Crippen LogP contribution in [0, 0.1) is 23.7 Å². The van der Waals surface area contributed by atoms with Crippen molar-refractivity contribution in [3.05, 3.63) is 65.8 Å². The van der Waals surface area contributed by atoms with Gasteiger partial charge in [0.05, 0.1) is 81.9 Å². The molecule has 0 aromatic heterocycles. The molecule has 0 radical (unpaired) electrons. The SMILES string of the molecule is COC(=O)/C=C/C(C)=C/C[C@@H](C[C@@H]1C=CC[C@@H](C[C@H](O)[C@H](C)C(=O)C[C@@H](OCc2ccc(OC)cc2)[C@H](C)[C@@H]2O[Si](C(C)(C)C)(C(C)(C)C)O[C@@H]([C@@H](C)CC[C@H]3C[C@H](OC)C[C@H](C)O3)[C@@H]2C)O1)O[Si](C)(C)C(C)(C)C. The van der Waals surface area contributed by atoms with Gasteiger partial charge in [-0.15, -0.1) is 0 Å². The van der Waals surface area contributed by atoms with Crippen molar-refractivity contribution in [2.45, 2.75) is 257 Å².